The fourth-order valence-electron chi connectivity index (χ4n) is 2.17. The van der Waals surface area contributed by atoms with Gasteiger partial charge in [0.25, 0.3) is 5.56 Å². The molecule has 0 aliphatic rings. The molecule has 1 N–H and O–H groups in total. The van der Waals surface area contributed by atoms with Gasteiger partial charge in [-0.3, -0.25) is 9.20 Å². The van der Waals surface area contributed by atoms with Crippen molar-refractivity contribution in [3.05, 3.63) is 64.2 Å². The van der Waals surface area contributed by atoms with E-state index in [1.165, 1.54) is 25.4 Å². The molecule has 5 nitrogen and oxygen atoms in total. The number of fused-ring (bicyclic) bond motifs is 1. The second kappa shape index (κ2) is 5.10. The predicted molar refractivity (Wildman–Crippen MR) is 74.7 cm³/mol. The van der Waals surface area contributed by atoms with Gasteiger partial charge in [0, 0.05) is 12.3 Å². The van der Waals surface area contributed by atoms with Crippen LogP contribution in [0.15, 0.2) is 41.3 Å². The van der Waals surface area contributed by atoms with Crippen LogP contribution in [0, 0.1) is 11.8 Å². The molecule has 0 saturated heterocycles. The molecule has 0 radical (unpaired) electrons. The Hall–Kier alpha value is -2.96. The van der Waals surface area contributed by atoms with Crippen molar-refractivity contribution in [1.29, 1.82) is 0 Å². The van der Waals surface area contributed by atoms with Crippen LogP contribution in [0.1, 0.15) is 10.4 Å². The summed E-state index contributed by atoms with van der Waals surface area (Å²) >= 11 is 0. The van der Waals surface area contributed by atoms with Crippen molar-refractivity contribution in [2.75, 3.05) is 7.11 Å². The molecule has 0 amide bonds. The van der Waals surface area contributed by atoms with E-state index in [9.17, 15) is 18.4 Å². The number of hydrogen-bond acceptors (Lipinski definition) is 3. The number of carbonyl (C=O) groups excluding carboxylic acids is 1. The van der Waals surface area contributed by atoms with Crippen molar-refractivity contribution in [2.24, 2.45) is 0 Å². The first-order valence-corrected chi connectivity index (χ1v) is 6.29. The molecule has 0 saturated carbocycles. The van der Waals surface area contributed by atoms with E-state index in [0.717, 1.165) is 10.5 Å². The van der Waals surface area contributed by atoms with E-state index in [1.807, 2.05) is 0 Å². The van der Waals surface area contributed by atoms with Gasteiger partial charge in [-0.25, -0.2) is 9.18 Å². The van der Waals surface area contributed by atoms with E-state index in [0.29, 0.717) is 16.8 Å². The van der Waals surface area contributed by atoms with Crippen LogP contribution in [-0.4, -0.2) is 22.5 Å². The number of nitrogens with zero attached hydrogens (tertiary/aromatic N) is 1. The monoisotopic (exact) mass is 304 g/mol. The number of methoxy groups -OCH3 is 1. The molecule has 2 aromatic heterocycles. The molecule has 112 valence electrons. The molecule has 0 aliphatic carbocycles. The minimum Gasteiger partial charge on any atom is -0.465 e. The first-order chi connectivity index (χ1) is 10.5. The van der Waals surface area contributed by atoms with Gasteiger partial charge in [-0.15, -0.1) is 0 Å². The second-order valence-electron chi connectivity index (χ2n) is 4.60. The molecular formula is C15H10F2N2O3. The van der Waals surface area contributed by atoms with Crippen LogP contribution in [0.4, 0.5) is 8.78 Å². The molecule has 0 spiro atoms. The Morgan fingerprint density at radius 2 is 1.91 bits per heavy atom. The van der Waals surface area contributed by atoms with Gasteiger partial charge in [0.2, 0.25) is 5.95 Å². The third-order valence-corrected chi connectivity index (χ3v) is 3.29. The zero-order chi connectivity index (χ0) is 15.9. The number of H-pyrrole nitrogens is 1. The average molecular weight is 304 g/mol. The fourth-order valence-corrected chi connectivity index (χ4v) is 2.17. The molecule has 0 atom stereocenters. The minimum atomic E-state index is -1.13. The molecule has 2 heterocycles. The molecule has 3 rings (SSSR count). The molecule has 3 aromatic rings. The van der Waals surface area contributed by atoms with Gasteiger partial charge >= 0.3 is 5.97 Å². The number of esters is 1. The van der Waals surface area contributed by atoms with Gasteiger partial charge < -0.3 is 9.72 Å². The Kier molecular flexibility index (Phi) is 3.25. The minimum absolute atomic E-state index is 0.120. The van der Waals surface area contributed by atoms with Gasteiger partial charge in [0.1, 0.15) is 5.52 Å². The van der Waals surface area contributed by atoms with Crippen LogP contribution in [0.5, 0.6) is 0 Å². The Balaban J connectivity index is 2.12. The first kappa shape index (κ1) is 14.0. The van der Waals surface area contributed by atoms with Crippen LogP contribution >= 0.6 is 0 Å². The lowest BCUT2D eigenvalue weighted by atomic mass is 10.1. The molecular weight excluding hydrogens is 294 g/mol. The summed E-state index contributed by atoms with van der Waals surface area (Å²) in [5.41, 5.74) is 0.443. The van der Waals surface area contributed by atoms with E-state index in [2.05, 4.69) is 9.72 Å². The number of rotatable bonds is 2. The number of benzene rings is 1. The van der Waals surface area contributed by atoms with E-state index in [1.54, 1.807) is 12.1 Å². The molecule has 0 fully saturated rings. The highest BCUT2D eigenvalue weighted by Crippen LogP contribution is 2.19. The maximum atomic E-state index is 13.6. The van der Waals surface area contributed by atoms with Crippen LogP contribution in [0.3, 0.4) is 0 Å². The Morgan fingerprint density at radius 3 is 2.55 bits per heavy atom. The summed E-state index contributed by atoms with van der Waals surface area (Å²) < 4.78 is 32.3. The first-order valence-electron chi connectivity index (χ1n) is 6.29. The maximum Gasteiger partial charge on any atom is 0.337 e. The largest absolute Gasteiger partial charge is 0.465 e. The topological polar surface area (TPSA) is 63.6 Å². The summed E-state index contributed by atoms with van der Waals surface area (Å²) in [6, 6.07) is 6.99. The van der Waals surface area contributed by atoms with Gasteiger partial charge in [-0.2, -0.15) is 4.39 Å². The standard InChI is InChI=1S/C15H10F2N2O3/c1-22-15(21)9-4-2-8(3-5-9)11-7-19-12(14(20)18-11)6-10(16)13(19)17/h2-7H,1H3,(H,18,20). The summed E-state index contributed by atoms with van der Waals surface area (Å²) in [4.78, 5) is 25.8. The van der Waals surface area contributed by atoms with Crippen LogP contribution in [0.25, 0.3) is 16.8 Å². The van der Waals surface area contributed by atoms with E-state index >= 15 is 0 Å². The zero-order valence-electron chi connectivity index (χ0n) is 11.4. The quantitative estimate of drug-likeness (QED) is 0.739. The smallest absolute Gasteiger partial charge is 0.337 e. The zero-order valence-corrected chi connectivity index (χ0v) is 11.4. The van der Waals surface area contributed by atoms with Gasteiger partial charge in [-0.05, 0) is 17.7 Å². The number of carbonyl (C=O) groups is 1. The van der Waals surface area contributed by atoms with Gasteiger partial charge in [0.15, 0.2) is 5.82 Å². The highest BCUT2D eigenvalue weighted by Gasteiger charge is 2.14. The fraction of sp³-hybridized carbons (Fsp3) is 0.0667. The van der Waals surface area contributed by atoms with Gasteiger partial charge in [0.05, 0.1) is 18.4 Å². The molecule has 0 bridgehead atoms. The average Bonchev–Trinajstić information content (AvgIpc) is 2.83. The Morgan fingerprint density at radius 1 is 1.23 bits per heavy atom. The summed E-state index contributed by atoms with van der Waals surface area (Å²) in [6.45, 7) is 0. The number of nitrogens with one attached hydrogen (secondary N) is 1. The van der Waals surface area contributed by atoms with Crippen LogP contribution in [0.2, 0.25) is 0 Å². The molecule has 1 aromatic carbocycles. The summed E-state index contributed by atoms with van der Waals surface area (Å²) in [5, 5.41) is 0. The second-order valence-corrected chi connectivity index (χ2v) is 4.60. The summed E-state index contributed by atoms with van der Waals surface area (Å²) in [5.74, 6) is -2.72. The number of hydrogen-bond donors (Lipinski definition) is 1. The third kappa shape index (κ3) is 2.16. The highest BCUT2D eigenvalue weighted by atomic mass is 19.2. The molecule has 22 heavy (non-hydrogen) atoms. The normalized spacial score (nSPS) is 10.9. The number of ether oxygens (including phenoxy) is 1. The van der Waals surface area contributed by atoms with E-state index in [-0.39, 0.29) is 5.52 Å². The van der Waals surface area contributed by atoms with Crippen molar-refractivity contribution in [2.45, 2.75) is 0 Å². The van der Waals surface area contributed by atoms with Gasteiger partial charge in [-0.1, -0.05) is 12.1 Å². The van der Waals surface area contributed by atoms with Crippen molar-refractivity contribution < 1.29 is 18.3 Å². The predicted octanol–water partition coefficient (Wildman–Crippen LogP) is 2.36. The van der Waals surface area contributed by atoms with Crippen molar-refractivity contribution >= 4 is 11.5 Å². The van der Waals surface area contributed by atoms with Crippen LogP contribution < -0.4 is 5.56 Å². The maximum absolute atomic E-state index is 13.6. The highest BCUT2D eigenvalue weighted by molar-refractivity contribution is 5.89. The number of aromatic nitrogens is 2. The van der Waals surface area contributed by atoms with Crippen molar-refractivity contribution in [3.63, 3.8) is 0 Å². The van der Waals surface area contributed by atoms with Crippen molar-refractivity contribution in [3.8, 4) is 11.3 Å². The Bertz CT molecular complexity index is 926. The molecule has 7 heteroatoms. The molecule has 0 unspecified atom stereocenters. The third-order valence-electron chi connectivity index (χ3n) is 3.29. The van der Waals surface area contributed by atoms with E-state index < -0.39 is 23.3 Å². The van der Waals surface area contributed by atoms with Crippen molar-refractivity contribution in [1.82, 2.24) is 9.38 Å². The lowest BCUT2D eigenvalue weighted by molar-refractivity contribution is 0.0601. The summed E-state index contributed by atoms with van der Waals surface area (Å²) in [7, 11) is 1.27. The number of halogens is 2. The molecule has 0 aliphatic heterocycles. The number of aromatic amines is 1. The Labute approximate surface area is 122 Å². The SMILES string of the molecule is COC(=O)c1ccc(-c2cn3c(F)c(F)cc3c(=O)[nH]2)cc1. The van der Waals surface area contributed by atoms with E-state index in [4.69, 9.17) is 0 Å². The lowest BCUT2D eigenvalue weighted by Gasteiger charge is -2.05. The van der Waals surface area contributed by atoms with Crippen LogP contribution in [-0.2, 0) is 4.74 Å². The lowest BCUT2D eigenvalue weighted by Crippen LogP contribution is -2.11. The summed E-state index contributed by atoms with van der Waals surface area (Å²) in [6.07, 6.45) is 1.28.